The maximum absolute atomic E-state index is 12.3. The Bertz CT molecular complexity index is 870. The van der Waals surface area contributed by atoms with Gasteiger partial charge in [0.05, 0.1) is 13.2 Å². The summed E-state index contributed by atoms with van der Waals surface area (Å²) in [5, 5.41) is 12.5. The van der Waals surface area contributed by atoms with Gasteiger partial charge in [-0.2, -0.15) is 5.26 Å². The molecule has 0 radical (unpaired) electrons. The summed E-state index contributed by atoms with van der Waals surface area (Å²) in [5.41, 5.74) is 1.13. The molecular weight excluding hydrogens is 352 g/mol. The van der Waals surface area contributed by atoms with E-state index in [0.717, 1.165) is 0 Å². The van der Waals surface area contributed by atoms with E-state index in [1.165, 1.54) is 13.2 Å². The first-order valence-corrected chi connectivity index (χ1v) is 8.34. The molecule has 6 heteroatoms. The van der Waals surface area contributed by atoms with E-state index in [9.17, 15) is 10.1 Å². The summed E-state index contributed by atoms with van der Waals surface area (Å²) >= 11 is 5.90. The number of nitriles is 1. The molecule has 0 bridgehead atoms. The number of nitrogens with zero attached hydrogens (tertiary/aromatic N) is 1. The molecule has 0 saturated heterocycles. The highest BCUT2D eigenvalue weighted by atomic mass is 35.5. The maximum Gasteiger partial charge on any atom is 0.266 e. The largest absolute Gasteiger partial charge is 0.493 e. The molecule has 0 aliphatic carbocycles. The lowest BCUT2D eigenvalue weighted by atomic mass is 10.1. The second-order valence-electron chi connectivity index (χ2n) is 5.71. The minimum atomic E-state index is -0.517. The van der Waals surface area contributed by atoms with Crippen LogP contribution in [0.25, 0.3) is 6.08 Å². The molecule has 2 aromatic rings. The Morgan fingerprint density at radius 1 is 1.23 bits per heavy atom. The second kappa shape index (κ2) is 8.93. The first-order valence-electron chi connectivity index (χ1n) is 7.96. The number of rotatable bonds is 6. The van der Waals surface area contributed by atoms with Crippen LogP contribution in [0.1, 0.15) is 19.4 Å². The highest BCUT2D eigenvalue weighted by Gasteiger charge is 2.12. The van der Waals surface area contributed by atoms with E-state index in [4.69, 9.17) is 21.1 Å². The van der Waals surface area contributed by atoms with Crippen molar-refractivity contribution in [2.24, 2.45) is 0 Å². The molecule has 0 fully saturated rings. The van der Waals surface area contributed by atoms with Crippen LogP contribution in [0.3, 0.4) is 0 Å². The van der Waals surface area contributed by atoms with Crippen molar-refractivity contribution in [1.82, 2.24) is 0 Å². The number of anilines is 1. The minimum Gasteiger partial charge on any atom is -0.493 e. The zero-order valence-electron chi connectivity index (χ0n) is 14.7. The van der Waals surface area contributed by atoms with E-state index in [1.807, 2.05) is 19.9 Å². The van der Waals surface area contributed by atoms with E-state index < -0.39 is 5.91 Å². The van der Waals surface area contributed by atoms with Gasteiger partial charge in [-0.05, 0) is 55.8 Å². The molecule has 134 valence electrons. The molecule has 2 rings (SSSR count). The molecule has 0 unspecified atom stereocenters. The normalized spacial score (nSPS) is 11.0. The zero-order valence-corrected chi connectivity index (χ0v) is 15.5. The van der Waals surface area contributed by atoms with Crippen molar-refractivity contribution in [2.45, 2.75) is 20.0 Å². The second-order valence-corrected chi connectivity index (χ2v) is 6.15. The van der Waals surface area contributed by atoms with Crippen molar-refractivity contribution >= 4 is 29.3 Å². The van der Waals surface area contributed by atoms with Crippen molar-refractivity contribution in [3.8, 4) is 17.6 Å². The van der Waals surface area contributed by atoms with Crippen molar-refractivity contribution in [1.29, 1.82) is 5.26 Å². The Hall–Kier alpha value is -2.97. The van der Waals surface area contributed by atoms with Gasteiger partial charge in [0.2, 0.25) is 0 Å². The Balaban J connectivity index is 2.24. The number of amides is 1. The third-order valence-electron chi connectivity index (χ3n) is 3.31. The van der Waals surface area contributed by atoms with Crippen LogP contribution in [0.15, 0.2) is 48.0 Å². The summed E-state index contributed by atoms with van der Waals surface area (Å²) in [5.74, 6) is 0.609. The molecule has 0 atom stereocenters. The van der Waals surface area contributed by atoms with Crippen molar-refractivity contribution in [3.63, 3.8) is 0 Å². The Morgan fingerprint density at radius 2 is 2.00 bits per heavy atom. The topological polar surface area (TPSA) is 71.3 Å². The van der Waals surface area contributed by atoms with Crippen LogP contribution in [0.4, 0.5) is 5.69 Å². The summed E-state index contributed by atoms with van der Waals surface area (Å²) in [6.07, 6.45) is 1.49. The van der Waals surface area contributed by atoms with Gasteiger partial charge in [0.15, 0.2) is 11.5 Å². The number of nitrogens with one attached hydrogen (secondary N) is 1. The number of carbonyl (C=O) groups excluding carboxylic acids is 1. The van der Waals surface area contributed by atoms with Gasteiger partial charge >= 0.3 is 0 Å². The van der Waals surface area contributed by atoms with Gasteiger partial charge in [-0.25, -0.2) is 0 Å². The maximum atomic E-state index is 12.3. The third kappa shape index (κ3) is 5.27. The van der Waals surface area contributed by atoms with Gasteiger partial charge in [-0.3, -0.25) is 4.79 Å². The van der Waals surface area contributed by atoms with Crippen LogP contribution in [-0.4, -0.2) is 19.1 Å². The van der Waals surface area contributed by atoms with E-state index in [2.05, 4.69) is 5.32 Å². The zero-order chi connectivity index (χ0) is 19.1. The Morgan fingerprint density at radius 3 is 2.62 bits per heavy atom. The van der Waals surface area contributed by atoms with Crippen molar-refractivity contribution in [3.05, 3.63) is 58.6 Å². The van der Waals surface area contributed by atoms with E-state index in [1.54, 1.807) is 42.5 Å². The van der Waals surface area contributed by atoms with Gasteiger partial charge in [-0.1, -0.05) is 23.7 Å². The van der Waals surface area contributed by atoms with Crippen LogP contribution < -0.4 is 14.8 Å². The lowest BCUT2D eigenvalue weighted by Gasteiger charge is -2.13. The predicted molar refractivity (Wildman–Crippen MR) is 102 cm³/mol. The Kier molecular flexibility index (Phi) is 6.65. The van der Waals surface area contributed by atoms with Crippen molar-refractivity contribution in [2.75, 3.05) is 12.4 Å². The smallest absolute Gasteiger partial charge is 0.266 e. The molecule has 0 aromatic heterocycles. The lowest BCUT2D eigenvalue weighted by Crippen LogP contribution is -2.13. The average Bonchev–Trinajstić information content (AvgIpc) is 2.60. The molecular formula is C20H19ClN2O3. The van der Waals surface area contributed by atoms with Crippen LogP contribution >= 0.6 is 11.6 Å². The molecule has 0 spiro atoms. The fourth-order valence-electron chi connectivity index (χ4n) is 2.21. The molecule has 0 aliphatic heterocycles. The van der Waals surface area contributed by atoms with E-state index >= 15 is 0 Å². The molecule has 1 amide bonds. The quantitative estimate of drug-likeness (QED) is 0.592. The van der Waals surface area contributed by atoms with Gasteiger partial charge in [0, 0.05) is 10.7 Å². The van der Waals surface area contributed by atoms with E-state index in [-0.39, 0.29) is 11.7 Å². The average molecular weight is 371 g/mol. The number of methoxy groups -OCH3 is 1. The number of halogens is 1. The molecule has 0 heterocycles. The Labute approximate surface area is 157 Å². The number of benzene rings is 2. The fraction of sp³-hybridized carbons (Fsp3) is 0.200. The monoisotopic (exact) mass is 370 g/mol. The first kappa shape index (κ1) is 19.4. The summed E-state index contributed by atoms with van der Waals surface area (Å²) in [4.78, 5) is 12.3. The molecule has 0 saturated carbocycles. The standard InChI is InChI=1S/C20H19ClN2O3/c1-13(2)26-18-8-7-14(10-19(18)25-3)9-15(12-22)20(24)23-17-6-4-5-16(21)11-17/h4-11,13H,1-3H3,(H,23,24)/b15-9+. The SMILES string of the molecule is COc1cc(/C=C(\C#N)C(=O)Nc2cccc(Cl)c2)ccc1OC(C)C. The van der Waals surface area contributed by atoms with Crippen LogP contribution in [0.5, 0.6) is 11.5 Å². The summed E-state index contributed by atoms with van der Waals surface area (Å²) < 4.78 is 11.0. The highest BCUT2D eigenvalue weighted by Crippen LogP contribution is 2.29. The lowest BCUT2D eigenvalue weighted by molar-refractivity contribution is -0.112. The summed E-state index contributed by atoms with van der Waals surface area (Å²) in [6, 6.07) is 13.8. The summed E-state index contributed by atoms with van der Waals surface area (Å²) in [7, 11) is 1.53. The first-order chi connectivity index (χ1) is 12.4. The minimum absolute atomic E-state index is 0.00318. The molecule has 26 heavy (non-hydrogen) atoms. The molecule has 1 N–H and O–H groups in total. The van der Waals surface area contributed by atoms with Crippen LogP contribution in [0.2, 0.25) is 5.02 Å². The predicted octanol–water partition coefficient (Wildman–Crippen LogP) is 4.68. The molecule has 5 nitrogen and oxygen atoms in total. The van der Waals surface area contributed by atoms with Crippen LogP contribution in [-0.2, 0) is 4.79 Å². The summed E-state index contributed by atoms with van der Waals surface area (Å²) in [6.45, 7) is 3.84. The molecule has 2 aromatic carbocycles. The number of carbonyl (C=O) groups is 1. The van der Waals surface area contributed by atoms with Crippen LogP contribution in [0, 0.1) is 11.3 Å². The van der Waals surface area contributed by atoms with Gasteiger partial charge in [0.1, 0.15) is 11.6 Å². The van der Waals surface area contributed by atoms with Gasteiger partial charge in [-0.15, -0.1) is 0 Å². The number of hydrogen-bond donors (Lipinski definition) is 1. The fourth-order valence-corrected chi connectivity index (χ4v) is 2.40. The number of ether oxygens (including phenoxy) is 2. The van der Waals surface area contributed by atoms with Gasteiger partial charge < -0.3 is 14.8 Å². The van der Waals surface area contributed by atoms with Gasteiger partial charge in [0.25, 0.3) is 5.91 Å². The molecule has 0 aliphatic rings. The third-order valence-corrected chi connectivity index (χ3v) is 3.54. The van der Waals surface area contributed by atoms with E-state index in [0.29, 0.717) is 27.8 Å². The van der Waals surface area contributed by atoms with Crippen molar-refractivity contribution < 1.29 is 14.3 Å². The highest BCUT2D eigenvalue weighted by molar-refractivity contribution is 6.31. The number of hydrogen-bond acceptors (Lipinski definition) is 4.